The van der Waals surface area contributed by atoms with Gasteiger partial charge in [0, 0.05) is 44.7 Å². The van der Waals surface area contributed by atoms with E-state index in [4.69, 9.17) is 4.74 Å². The summed E-state index contributed by atoms with van der Waals surface area (Å²) < 4.78 is 5.18. The molecule has 2 fully saturated rings. The van der Waals surface area contributed by atoms with E-state index in [2.05, 4.69) is 26.3 Å². The number of aliphatic carboxylic acids is 1. The van der Waals surface area contributed by atoms with Crippen molar-refractivity contribution < 1.29 is 14.6 Å². The molecular weight excluding hydrogens is 308 g/mol. The molecule has 24 heavy (non-hydrogen) atoms. The summed E-state index contributed by atoms with van der Waals surface area (Å²) in [6, 6.07) is 1.81. The maximum atomic E-state index is 12.1. The van der Waals surface area contributed by atoms with Crippen molar-refractivity contribution in [2.24, 2.45) is 11.3 Å². The lowest BCUT2D eigenvalue weighted by Crippen LogP contribution is -2.41. The third-order valence-corrected chi connectivity index (χ3v) is 5.23. The van der Waals surface area contributed by atoms with Crippen LogP contribution in [0.1, 0.15) is 12.8 Å². The first kappa shape index (κ1) is 16.7. The number of fused-ring (bicyclic) bond motifs is 1. The number of aromatic nitrogens is 2. The Labute approximate surface area is 142 Å². The first-order valence-electron chi connectivity index (χ1n) is 8.26. The number of carboxylic acids is 1. The minimum absolute atomic E-state index is 0.0680. The van der Waals surface area contributed by atoms with Crippen LogP contribution in [0, 0.1) is 11.3 Å². The Morgan fingerprint density at radius 2 is 2.38 bits per heavy atom. The van der Waals surface area contributed by atoms with Crippen molar-refractivity contribution in [1.82, 2.24) is 14.9 Å². The maximum absolute atomic E-state index is 12.1. The molecule has 0 unspecified atom stereocenters. The molecule has 3 heterocycles. The van der Waals surface area contributed by atoms with Gasteiger partial charge in [-0.25, -0.2) is 9.97 Å². The first-order chi connectivity index (χ1) is 11.6. The van der Waals surface area contributed by atoms with Crippen LogP contribution in [-0.2, 0) is 4.79 Å². The summed E-state index contributed by atoms with van der Waals surface area (Å²) in [7, 11) is 1.58. The van der Waals surface area contributed by atoms with Crippen LogP contribution in [0.2, 0.25) is 0 Å². The van der Waals surface area contributed by atoms with Gasteiger partial charge < -0.3 is 14.7 Å². The number of rotatable bonds is 5. The van der Waals surface area contributed by atoms with Gasteiger partial charge in [-0.3, -0.25) is 9.69 Å². The largest absolute Gasteiger partial charge is 0.481 e. The molecule has 0 aliphatic carbocycles. The molecule has 1 N–H and O–H groups in total. The minimum atomic E-state index is -0.679. The van der Waals surface area contributed by atoms with Gasteiger partial charge in [0.15, 0.2) is 0 Å². The summed E-state index contributed by atoms with van der Waals surface area (Å²) >= 11 is 0. The van der Waals surface area contributed by atoms with Crippen LogP contribution in [0.4, 0.5) is 5.82 Å². The van der Waals surface area contributed by atoms with Gasteiger partial charge >= 0.3 is 5.97 Å². The Morgan fingerprint density at radius 1 is 1.54 bits per heavy atom. The van der Waals surface area contributed by atoms with Gasteiger partial charge in [-0.05, 0) is 12.8 Å². The van der Waals surface area contributed by atoms with E-state index in [0.717, 1.165) is 31.9 Å². The Hall–Kier alpha value is -2.15. The average Bonchev–Trinajstić information content (AvgIpc) is 2.82. The topological polar surface area (TPSA) is 78.8 Å². The van der Waals surface area contributed by atoms with Crippen molar-refractivity contribution >= 4 is 11.8 Å². The molecule has 2 aliphatic heterocycles. The van der Waals surface area contributed by atoms with Gasteiger partial charge in [0.05, 0.1) is 12.5 Å². The van der Waals surface area contributed by atoms with Crippen LogP contribution in [-0.4, -0.2) is 65.8 Å². The van der Waals surface area contributed by atoms with Crippen LogP contribution in [0.15, 0.2) is 25.0 Å². The van der Waals surface area contributed by atoms with Crippen LogP contribution in [0.3, 0.4) is 0 Å². The van der Waals surface area contributed by atoms with Crippen molar-refractivity contribution in [3.8, 4) is 5.88 Å². The summed E-state index contributed by atoms with van der Waals surface area (Å²) in [6.45, 7) is 7.36. The maximum Gasteiger partial charge on any atom is 0.311 e. The highest BCUT2D eigenvalue weighted by Gasteiger charge is 2.53. The molecular formula is C17H24N4O3. The number of ether oxygens (including phenoxy) is 1. The quantitative estimate of drug-likeness (QED) is 0.814. The molecule has 0 bridgehead atoms. The monoisotopic (exact) mass is 332 g/mol. The Kier molecular flexibility index (Phi) is 4.71. The molecule has 3 rings (SSSR count). The zero-order chi connectivity index (χ0) is 17.2. The number of likely N-dealkylation sites (tertiary alicyclic amines) is 1. The minimum Gasteiger partial charge on any atom is -0.481 e. The lowest BCUT2D eigenvalue weighted by molar-refractivity contribution is -0.150. The zero-order valence-electron chi connectivity index (χ0n) is 14.0. The molecule has 2 saturated heterocycles. The first-order valence-corrected chi connectivity index (χ1v) is 8.26. The number of carbonyl (C=O) groups is 1. The lowest BCUT2D eigenvalue weighted by Gasteiger charge is -2.30. The molecule has 0 radical (unpaired) electrons. The third kappa shape index (κ3) is 2.96. The molecule has 7 nitrogen and oxygen atoms in total. The lowest BCUT2D eigenvalue weighted by atomic mass is 9.75. The predicted octanol–water partition coefficient (Wildman–Crippen LogP) is 1.27. The second kappa shape index (κ2) is 6.76. The zero-order valence-corrected chi connectivity index (χ0v) is 14.0. The number of hydrogen-bond donors (Lipinski definition) is 1. The summed E-state index contributed by atoms with van der Waals surface area (Å²) in [5.74, 6) is 0.707. The van der Waals surface area contributed by atoms with Gasteiger partial charge in [-0.2, -0.15) is 0 Å². The molecule has 0 aromatic carbocycles. The van der Waals surface area contributed by atoms with Crippen molar-refractivity contribution in [1.29, 1.82) is 0 Å². The number of anilines is 1. The van der Waals surface area contributed by atoms with E-state index in [9.17, 15) is 9.90 Å². The van der Waals surface area contributed by atoms with Crippen molar-refractivity contribution in [2.75, 3.05) is 44.7 Å². The Bertz CT molecular complexity index is 624. The van der Waals surface area contributed by atoms with Gasteiger partial charge in [0.2, 0.25) is 5.88 Å². The highest BCUT2D eigenvalue weighted by molar-refractivity contribution is 5.76. The second-order valence-corrected chi connectivity index (χ2v) is 6.61. The average molecular weight is 332 g/mol. The fourth-order valence-corrected chi connectivity index (χ4v) is 4.03. The molecule has 130 valence electrons. The van der Waals surface area contributed by atoms with E-state index >= 15 is 0 Å². The standard InChI is InChI=1S/C17H24N4O3/c1-3-6-20-9-13-10-21(14-8-15(24-2)19-12-18-14)7-4-5-17(13,11-20)16(22)23/h3,8,12-13H,1,4-7,9-11H2,2H3,(H,22,23)/t13-,17-/m0/s1. The molecule has 0 amide bonds. The highest BCUT2D eigenvalue weighted by atomic mass is 16.5. The number of hydrogen-bond acceptors (Lipinski definition) is 6. The third-order valence-electron chi connectivity index (χ3n) is 5.23. The van der Waals surface area contributed by atoms with Crippen molar-refractivity contribution in [3.05, 3.63) is 25.0 Å². The van der Waals surface area contributed by atoms with Gasteiger partial charge in [-0.1, -0.05) is 6.08 Å². The van der Waals surface area contributed by atoms with Crippen LogP contribution >= 0.6 is 0 Å². The number of methoxy groups -OCH3 is 1. The molecule has 0 spiro atoms. The highest BCUT2D eigenvalue weighted by Crippen LogP contribution is 2.43. The van der Waals surface area contributed by atoms with Crippen LogP contribution < -0.4 is 9.64 Å². The van der Waals surface area contributed by atoms with Crippen molar-refractivity contribution in [3.63, 3.8) is 0 Å². The predicted molar refractivity (Wildman–Crippen MR) is 90.2 cm³/mol. The van der Waals surface area contributed by atoms with E-state index in [-0.39, 0.29) is 5.92 Å². The Balaban J connectivity index is 1.85. The molecule has 2 aliphatic rings. The molecule has 1 aromatic rings. The fraction of sp³-hybridized carbons (Fsp3) is 0.588. The van der Waals surface area contributed by atoms with Crippen LogP contribution in [0.25, 0.3) is 0 Å². The SMILES string of the molecule is C=CCN1C[C@H]2CN(c3cc(OC)ncn3)CCC[C@]2(C(=O)O)C1. The smallest absolute Gasteiger partial charge is 0.311 e. The molecule has 1 aromatic heterocycles. The van der Waals surface area contributed by atoms with Gasteiger partial charge in [-0.15, -0.1) is 6.58 Å². The summed E-state index contributed by atoms with van der Waals surface area (Å²) in [5, 5.41) is 9.93. The summed E-state index contributed by atoms with van der Waals surface area (Å²) in [6.07, 6.45) is 4.85. The Morgan fingerprint density at radius 3 is 3.08 bits per heavy atom. The van der Waals surface area contributed by atoms with Gasteiger partial charge in [0.1, 0.15) is 12.1 Å². The van der Waals surface area contributed by atoms with E-state index in [1.54, 1.807) is 7.11 Å². The molecule has 2 atom stereocenters. The molecule has 0 saturated carbocycles. The van der Waals surface area contributed by atoms with E-state index < -0.39 is 11.4 Å². The van der Waals surface area contributed by atoms with E-state index in [0.29, 0.717) is 25.4 Å². The normalized spacial score (nSPS) is 27.4. The summed E-state index contributed by atoms with van der Waals surface area (Å²) in [5.41, 5.74) is -0.672. The summed E-state index contributed by atoms with van der Waals surface area (Å²) in [4.78, 5) is 24.8. The van der Waals surface area contributed by atoms with Gasteiger partial charge in [0.25, 0.3) is 0 Å². The fourth-order valence-electron chi connectivity index (χ4n) is 4.03. The van der Waals surface area contributed by atoms with Crippen LogP contribution in [0.5, 0.6) is 5.88 Å². The van der Waals surface area contributed by atoms with Crippen molar-refractivity contribution in [2.45, 2.75) is 12.8 Å². The number of nitrogens with zero attached hydrogens (tertiary/aromatic N) is 4. The second-order valence-electron chi connectivity index (χ2n) is 6.61. The van der Waals surface area contributed by atoms with E-state index in [1.165, 1.54) is 6.33 Å². The van der Waals surface area contributed by atoms with E-state index in [1.807, 2.05) is 12.1 Å². The number of carboxylic acid groups (broad SMARTS) is 1. The molecule has 7 heteroatoms.